The highest BCUT2D eigenvalue weighted by atomic mass is 16.5. The van der Waals surface area contributed by atoms with Gasteiger partial charge in [0.2, 0.25) is 0 Å². The number of ether oxygens (including phenoxy) is 3. The van der Waals surface area contributed by atoms with Crippen molar-refractivity contribution in [1.82, 2.24) is 9.80 Å². The van der Waals surface area contributed by atoms with E-state index < -0.39 is 17.7 Å². The molecular weight excluding hydrogens is 472 g/mol. The van der Waals surface area contributed by atoms with Crippen molar-refractivity contribution in [3.63, 3.8) is 0 Å². The lowest BCUT2D eigenvalue weighted by atomic mass is 9.94. The van der Waals surface area contributed by atoms with Crippen LogP contribution in [0, 0.1) is 6.92 Å². The lowest BCUT2D eigenvalue weighted by Crippen LogP contribution is -2.38. The molecule has 8 nitrogen and oxygen atoms in total. The Kier molecular flexibility index (Phi) is 9.36. The molecule has 8 heteroatoms. The molecule has 0 radical (unpaired) electrons. The lowest BCUT2D eigenvalue weighted by molar-refractivity contribution is -0.140. The van der Waals surface area contributed by atoms with Gasteiger partial charge in [-0.25, -0.2) is 0 Å². The number of rotatable bonds is 12. The van der Waals surface area contributed by atoms with E-state index in [2.05, 4.69) is 11.5 Å². The van der Waals surface area contributed by atoms with Gasteiger partial charge in [0.25, 0.3) is 11.7 Å². The Hall–Kier alpha value is -3.78. The van der Waals surface area contributed by atoms with Crippen LogP contribution in [0.25, 0.3) is 5.76 Å². The summed E-state index contributed by atoms with van der Waals surface area (Å²) in [5.74, 6) is 0.0398. The predicted octanol–water partition coefficient (Wildman–Crippen LogP) is 4.34. The maximum absolute atomic E-state index is 13.4. The van der Waals surface area contributed by atoms with Crippen LogP contribution >= 0.6 is 0 Å². The fourth-order valence-electron chi connectivity index (χ4n) is 4.53. The zero-order chi connectivity index (χ0) is 27.1. The number of carbonyl (C=O) groups is 2. The summed E-state index contributed by atoms with van der Waals surface area (Å²) in [5, 5.41) is 11.4. The van der Waals surface area contributed by atoms with Gasteiger partial charge in [-0.2, -0.15) is 0 Å². The van der Waals surface area contributed by atoms with Gasteiger partial charge in [-0.3, -0.25) is 9.59 Å². The minimum Gasteiger partial charge on any atom is -0.507 e. The summed E-state index contributed by atoms with van der Waals surface area (Å²) in [6.07, 6.45) is 1.65. The number of hydrogen-bond acceptors (Lipinski definition) is 7. The Balaban J connectivity index is 2.14. The van der Waals surface area contributed by atoms with Gasteiger partial charge in [-0.05, 0) is 61.5 Å². The van der Waals surface area contributed by atoms with E-state index in [9.17, 15) is 14.7 Å². The van der Waals surface area contributed by atoms with Crippen molar-refractivity contribution < 1.29 is 28.9 Å². The molecule has 2 aromatic carbocycles. The highest BCUT2D eigenvalue weighted by Crippen LogP contribution is 2.42. The first-order chi connectivity index (χ1) is 17.8. The Morgan fingerprint density at radius 2 is 1.73 bits per heavy atom. The molecule has 1 N–H and O–H groups in total. The Labute approximate surface area is 218 Å². The average Bonchev–Trinajstić information content (AvgIpc) is 3.17. The highest BCUT2D eigenvalue weighted by Gasteiger charge is 2.46. The smallest absolute Gasteiger partial charge is 0.295 e. The topological polar surface area (TPSA) is 88.5 Å². The second kappa shape index (κ2) is 12.5. The lowest BCUT2D eigenvalue weighted by Gasteiger charge is -2.28. The molecule has 198 valence electrons. The van der Waals surface area contributed by atoms with Crippen molar-refractivity contribution in [3.8, 4) is 17.2 Å². The van der Waals surface area contributed by atoms with Crippen molar-refractivity contribution in [2.24, 2.45) is 0 Å². The van der Waals surface area contributed by atoms with E-state index in [4.69, 9.17) is 14.2 Å². The van der Waals surface area contributed by atoms with Crippen molar-refractivity contribution in [2.75, 3.05) is 47.0 Å². The van der Waals surface area contributed by atoms with Gasteiger partial charge < -0.3 is 29.1 Å². The molecule has 0 aliphatic carbocycles. The van der Waals surface area contributed by atoms with Crippen LogP contribution in [-0.4, -0.2) is 73.6 Å². The molecule has 1 aliphatic heterocycles. The predicted molar refractivity (Wildman–Crippen MR) is 143 cm³/mol. The summed E-state index contributed by atoms with van der Waals surface area (Å²) in [7, 11) is 3.07. The number of amides is 1. The molecule has 3 rings (SSSR count). The molecule has 1 saturated heterocycles. The number of methoxy groups -OCH3 is 2. The van der Waals surface area contributed by atoms with Gasteiger partial charge in [-0.15, -0.1) is 0 Å². The normalized spacial score (nSPS) is 16.8. The maximum atomic E-state index is 13.4. The minimum atomic E-state index is -0.785. The van der Waals surface area contributed by atoms with E-state index in [1.54, 1.807) is 49.6 Å². The third-order valence-electron chi connectivity index (χ3n) is 6.62. The molecule has 1 unspecified atom stereocenters. The van der Waals surface area contributed by atoms with Crippen molar-refractivity contribution >= 4 is 17.4 Å². The zero-order valence-corrected chi connectivity index (χ0v) is 22.2. The number of likely N-dealkylation sites (tertiary alicyclic amines) is 1. The van der Waals surface area contributed by atoms with Crippen LogP contribution in [0.5, 0.6) is 17.2 Å². The van der Waals surface area contributed by atoms with Crippen LogP contribution in [0.15, 0.2) is 54.6 Å². The molecule has 1 atom stereocenters. The van der Waals surface area contributed by atoms with Crippen molar-refractivity contribution in [1.29, 1.82) is 0 Å². The van der Waals surface area contributed by atoms with Crippen LogP contribution < -0.4 is 14.2 Å². The molecule has 1 amide bonds. The SMILES string of the molecule is C=CCOc1ccc(/C(O)=C2\C(=O)C(=O)N(CCN(CC)CC)C2c2ccc(OC)c(OC)c2)cc1C. The standard InChI is InChI=1S/C29H36N2O6/c1-7-16-37-22-12-11-21(17-19(22)4)27(32)25-26(20-10-13-23(35-5)24(18-20)36-6)31(29(34)28(25)33)15-14-30(8-2)9-3/h7,10-13,17-18,26,32H,1,8-9,14-16H2,2-6H3/b27-25+. The second-order valence-electron chi connectivity index (χ2n) is 8.71. The van der Waals surface area contributed by atoms with E-state index >= 15 is 0 Å². The molecule has 37 heavy (non-hydrogen) atoms. The van der Waals surface area contributed by atoms with Gasteiger partial charge in [0.1, 0.15) is 18.1 Å². The summed E-state index contributed by atoms with van der Waals surface area (Å²) in [6.45, 7) is 12.5. The zero-order valence-electron chi connectivity index (χ0n) is 22.2. The van der Waals surface area contributed by atoms with E-state index in [1.807, 2.05) is 20.8 Å². The second-order valence-corrected chi connectivity index (χ2v) is 8.71. The molecule has 0 saturated carbocycles. The summed E-state index contributed by atoms with van der Waals surface area (Å²) in [4.78, 5) is 30.3. The van der Waals surface area contributed by atoms with Gasteiger partial charge in [0.05, 0.1) is 25.8 Å². The largest absolute Gasteiger partial charge is 0.507 e. The number of benzene rings is 2. The maximum Gasteiger partial charge on any atom is 0.295 e. The minimum absolute atomic E-state index is 0.0379. The summed E-state index contributed by atoms with van der Waals surface area (Å²) in [5.41, 5.74) is 1.89. The third kappa shape index (κ3) is 5.80. The number of nitrogens with zero attached hydrogens (tertiary/aromatic N) is 2. The molecule has 0 bridgehead atoms. The van der Waals surface area contributed by atoms with E-state index in [0.29, 0.717) is 48.1 Å². The first kappa shape index (κ1) is 27.8. The number of aliphatic hydroxyl groups is 1. The van der Waals surface area contributed by atoms with Crippen LogP contribution in [0.1, 0.15) is 36.6 Å². The average molecular weight is 509 g/mol. The van der Waals surface area contributed by atoms with E-state index in [1.165, 1.54) is 12.0 Å². The molecule has 1 fully saturated rings. The van der Waals surface area contributed by atoms with Crippen LogP contribution in [0.2, 0.25) is 0 Å². The summed E-state index contributed by atoms with van der Waals surface area (Å²) < 4.78 is 16.5. The van der Waals surface area contributed by atoms with Crippen molar-refractivity contribution in [2.45, 2.75) is 26.8 Å². The van der Waals surface area contributed by atoms with Gasteiger partial charge in [0, 0.05) is 18.7 Å². The van der Waals surface area contributed by atoms with Crippen LogP contribution in [-0.2, 0) is 9.59 Å². The number of Topliss-reactive ketones (excluding diaryl/α,β-unsaturated/α-hetero) is 1. The molecular formula is C29H36N2O6. The van der Waals surface area contributed by atoms with E-state index in [-0.39, 0.29) is 11.3 Å². The first-order valence-corrected chi connectivity index (χ1v) is 12.4. The number of hydrogen-bond donors (Lipinski definition) is 1. The molecule has 1 heterocycles. The molecule has 1 aliphatic rings. The monoisotopic (exact) mass is 508 g/mol. The van der Waals surface area contributed by atoms with Gasteiger partial charge in [-0.1, -0.05) is 32.6 Å². The first-order valence-electron chi connectivity index (χ1n) is 12.4. The molecule has 2 aromatic rings. The highest BCUT2D eigenvalue weighted by molar-refractivity contribution is 6.46. The van der Waals surface area contributed by atoms with Gasteiger partial charge in [0.15, 0.2) is 11.5 Å². The quantitative estimate of drug-likeness (QED) is 0.197. The van der Waals surface area contributed by atoms with E-state index in [0.717, 1.165) is 18.7 Å². The summed E-state index contributed by atoms with van der Waals surface area (Å²) >= 11 is 0. The van der Waals surface area contributed by atoms with Crippen LogP contribution in [0.4, 0.5) is 0 Å². The Morgan fingerprint density at radius 3 is 2.32 bits per heavy atom. The number of carbonyl (C=O) groups excluding carboxylic acids is 2. The fourth-order valence-corrected chi connectivity index (χ4v) is 4.53. The number of aliphatic hydroxyl groups excluding tert-OH is 1. The molecule has 0 spiro atoms. The van der Waals surface area contributed by atoms with Gasteiger partial charge >= 0.3 is 0 Å². The Morgan fingerprint density at radius 1 is 1.05 bits per heavy atom. The number of aryl methyl sites for hydroxylation is 1. The Bertz CT molecular complexity index is 1180. The third-order valence-corrected chi connectivity index (χ3v) is 6.62. The number of ketones is 1. The van der Waals surface area contributed by atoms with Crippen molar-refractivity contribution in [3.05, 3.63) is 71.3 Å². The molecule has 0 aromatic heterocycles. The van der Waals surface area contributed by atoms with Crippen LogP contribution in [0.3, 0.4) is 0 Å². The fraction of sp³-hybridized carbons (Fsp3) is 0.379. The number of likely N-dealkylation sites (N-methyl/N-ethyl adjacent to an activating group) is 1. The summed E-state index contributed by atoms with van der Waals surface area (Å²) in [6, 6.07) is 9.62.